The molecular weight excluding hydrogens is 157 g/mol. The molecule has 0 heterocycles. The second-order valence-electron chi connectivity index (χ2n) is 2.43. The van der Waals surface area contributed by atoms with E-state index < -0.39 is 18.4 Å². The largest absolute Gasteiger partial charge is 0.395 e. The third kappa shape index (κ3) is 7.36. The van der Waals surface area contributed by atoms with E-state index in [1.165, 1.54) is 0 Å². The third-order valence-electron chi connectivity index (χ3n) is 1.21. The van der Waals surface area contributed by atoms with Crippen molar-refractivity contribution in [3.8, 4) is 0 Å². The molecule has 0 atom stereocenters. The molecule has 0 spiro atoms. The summed E-state index contributed by atoms with van der Waals surface area (Å²) in [6.45, 7) is 1.83. The zero-order valence-corrected chi connectivity index (χ0v) is 6.37. The Labute approximate surface area is 63.6 Å². The molecule has 0 rings (SSSR count). The topological polar surface area (TPSA) is 17.1 Å². The predicted molar refractivity (Wildman–Crippen MR) is 35.2 cm³/mol. The first-order valence-corrected chi connectivity index (χ1v) is 3.54. The second kappa shape index (κ2) is 4.36. The lowest BCUT2D eigenvalue weighted by Gasteiger charge is -2.03. The Balaban J connectivity index is 3.53. The zero-order valence-electron chi connectivity index (χ0n) is 6.37. The summed E-state index contributed by atoms with van der Waals surface area (Å²) in [5, 5.41) is 0. The number of hydrogen-bond acceptors (Lipinski definition) is 1. The maximum Gasteiger partial charge on any atom is 0.395 e. The van der Waals surface area contributed by atoms with E-state index in [-0.39, 0.29) is 6.42 Å². The summed E-state index contributed by atoms with van der Waals surface area (Å²) in [4.78, 5) is 10.5. The molecule has 0 aromatic heterocycles. The average molecular weight is 168 g/mol. The lowest BCUT2D eigenvalue weighted by atomic mass is 10.1. The molecule has 0 saturated carbocycles. The van der Waals surface area contributed by atoms with E-state index in [1.54, 1.807) is 0 Å². The van der Waals surface area contributed by atoms with Crippen LogP contribution < -0.4 is 0 Å². The van der Waals surface area contributed by atoms with Crippen molar-refractivity contribution >= 4 is 5.78 Å². The zero-order chi connectivity index (χ0) is 8.91. The van der Waals surface area contributed by atoms with E-state index in [0.717, 1.165) is 6.42 Å². The number of Topliss-reactive ketones (excluding diaryl/α,β-unsaturated/α-hetero) is 1. The molecule has 1 nitrogen and oxygen atoms in total. The number of hydrogen-bond donors (Lipinski definition) is 0. The fourth-order valence-corrected chi connectivity index (χ4v) is 0.686. The van der Waals surface area contributed by atoms with Crippen LogP contribution in [0.4, 0.5) is 13.2 Å². The van der Waals surface area contributed by atoms with Crippen molar-refractivity contribution in [1.29, 1.82) is 0 Å². The quantitative estimate of drug-likeness (QED) is 0.630. The van der Waals surface area contributed by atoms with Gasteiger partial charge in [-0.1, -0.05) is 13.3 Å². The number of unbranched alkanes of at least 4 members (excludes halogenated alkanes) is 1. The molecule has 0 aliphatic heterocycles. The molecule has 0 aromatic carbocycles. The van der Waals surface area contributed by atoms with Crippen molar-refractivity contribution in [3.05, 3.63) is 0 Å². The van der Waals surface area contributed by atoms with Crippen LogP contribution in [0, 0.1) is 0 Å². The Kier molecular flexibility index (Phi) is 4.15. The van der Waals surface area contributed by atoms with E-state index in [2.05, 4.69) is 0 Å². The summed E-state index contributed by atoms with van der Waals surface area (Å²) in [6, 6.07) is 0. The average Bonchev–Trinajstić information content (AvgIpc) is 1.79. The van der Waals surface area contributed by atoms with Gasteiger partial charge in [-0.05, 0) is 6.42 Å². The summed E-state index contributed by atoms with van der Waals surface area (Å²) in [6.07, 6.45) is -4.24. The lowest BCUT2D eigenvalue weighted by Crippen LogP contribution is -2.14. The van der Waals surface area contributed by atoms with Crippen LogP contribution in [0.3, 0.4) is 0 Å². The molecule has 66 valence electrons. The lowest BCUT2D eigenvalue weighted by molar-refractivity contribution is -0.152. The minimum atomic E-state index is -4.33. The van der Waals surface area contributed by atoms with Gasteiger partial charge in [-0.25, -0.2) is 0 Å². The fraction of sp³-hybridized carbons (Fsp3) is 0.857. The maximum absolute atomic E-state index is 11.5. The normalized spacial score (nSPS) is 11.6. The van der Waals surface area contributed by atoms with Crippen LogP contribution >= 0.6 is 0 Å². The number of ketones is 1. The van der Waals surface area contributed by atoms with Gasteiger partial charge in [0.2, 0.25) is 0 Å². The highest BCUT2D eigenvalue weighted by Gasteiger charge is 2.30. The summed E-state index contributed by atoms with van der Waals surface area (Å²) < 4.78 is 34.5. The van der Waals surface area contributed by atoms with Gasteiger partial charge in [0, 0.05) is 6.42 Å². The van der Waals surface area contributed by atoms with Crippen molar-refractivity contribution in [1.82, 2.24) is 0 Å². The summed E-state index contributed by atoms with van der Waals surface area (Å²) in [5.41, 5.74) is 0. The van der Waals surface area contributed by atoms with Crippen molar-refractivity contribution in [2.45, 2.75) is 38.8 Å². The summed E-state index contributed by atoms with van der Waals surface area (Å²) in [5.74, 6) is -0.709. The third-order valence-corrected chi connectivity index (χ3v) is 1.21. The first kappa shape index (κ1) is 10.5. The van der Waals surface area contributed by atoms with Crippen LogP contribution in [0.15, 0.2) is 0 Å². The van der Waals surface area contributed by atoms with Gasteiger partial charge in [0.25, 0.3) is 0 Å². The molecule has 4 heteroatoms. The van der Waals surface area contributed by atoms with Crippen LogP contribution in [-0.4, -0.2) is 12.0 Å². The smallest absolute Gasteiger partial charge is 0.299 e. The van der Waals surface area contributed by atoms with Gasteiger partial charge in [-0.2, -0.15) is 13.2 Å². The molecule has 11 heavy (non-hydrogen) atoms. The molecule has 0 bridgehead atoms. The molecular formula is C7H11F3O. The minimum Gasteiger partial charge on any atom is -0.299 e. The first-order valence-electron chi connectivity index (χ1n) is 3.54. The van der Waals surface area contributed by atoms with Gasteiger partial charge >= 0.3 is 6.18 Å². The van der Waals surface area contributed by atoms with Crippen molar-refractivity contribution in [3.63, 3.8) is 0 Å². The monoisotopic (exact) mass is 168 g/mol. The Morgan fingerprint density at radius 2 is 1.91 bits per heavy atom. The van der Waals surface area contributed by atoms with Crippen LogP contribution in [0.25, 0.3) is 0 Å². The molecule has 0 amide bonds. The maximum atomic E-state index is 11.5. The molecule has 0 aliphatic rings. The molecule has 0 radical (unpaired) electrons. The van der Waals surface area contributed by atoms with Crippen LogP contribution in [0.5, 0.6) is 0 Å². The van der Waals surface area contributed by atoms with Crippen LogP contribution in [-0.2, 0) is 4.79 Å². The number of halogens is 3. The summed E-state index contributed by atoms with van der Waals surface area (Å²) >= 11 is 0. The van der Waals surface area contributed by atoms with Gasteiger partial charge in [0.15, 0.2) is 0 Å². The first-order chi connectivity index (χ1) is 4.95. The number of carbonyl (C=O) groups is 1. The highest BCUT2D eigenvalue weighted by atomic mass is 19.4. The van der Waals surface area contributed by atoms with Gasteiger partial charge < -0.3 is 0 Å². The SMILES string of the molecule is CCCCC(=O)CC(F)(F)F. The molecule has 0 aromatic rings. The van der Waals surface area contributed by atoms with Gasteiger partial charge in [0.05, 0.1) is 0 Å². The van der Waals surface area contributed by atoms with Crippen molar-refractivity contribution < 1.29 is 18.0 Å². The molecule has 0 unspecified atom stereocenters. The van der Waals surface area contributed by atoms with Crippen molar-refractivity contribution in [2.75, 3.05) is 0 Å². The Morgan fingerprint density at radius 3 is 2.27 bits per heavy atom. The van der Waals surface area contributed by atoms with E-state index in [0.29, 0.717) is 6.42 Å². The molecule has 0 N–H and O–H groups in total. The fourth-order valence-electron chi connectivity index (χ4n) is 0.686. The predicted octanol–water partition coefficient (Wildman–Crippen LogP) is 2.70. The van der Waals surface area contributed by atoms with Gasteiger partial charge in [-0.3, -0.25) is 4.79 Å². The molecule has 0 saturated heterocycles. The van der Waals surface area contributed by atoms with Gasteiger partial charge in [0.1, 0.15) is 12.2 Å². The standard InChI is InChI=1S/C7H11F3O/c1-2-3-4-6(11)5-7(8,9)10/h2-5H2,1H3. The van der Waals surface area contributed by atoms with Crippen LogP contribution in [0.2, 0.25) is 0 Å². The Hall–Kier alpha value is -0.540. The highest BCUT2D eigenvalue weighted by Crippen LogP contribution is 2.20. The highest BCUT2D eigenvalue weighted by molar-refractivity contribution is 5.78. The number of alkyl halides is 3. The van der Waals surface area contributed by atoms with E-state index >= 15 is 0 Å². The second-order valence-corrected chi connectivity index (χ2v) is 2.43. The van der Waals surface area contributed by atoms with E-state index in [9.17, 15) is 18.0 Å². The number of carbonyl (C=O) groups excluding carboxylic acids is 1. The molecule has 0 fully saturated rings. The molecule has 0 aliphatic carbocycles. The Bertz CT molecular complexity index is 128. The summed E-state index contributed by atoms with van der Waals surface area (Å²) in [7, 11) is 0. The van der Waals surface area contributed by atoms with Crippen molar-refractivity contribution in [2.24, 2.45) is 0 Å². The van der Waals surface area contributed by atoms with E-state index in [1.807, 2.05) is 6.92 Å². The number of rotatable bonds is 4. The Morgan fingerprint density at radius 1 is 1.36 bits per heavy atom. The van der Waals surface area contributed by atoms with Gasteiger partial charge in [-0.15, -0.1) is 0 Å². The minimum absolute atomic E-state index is 0.0516. The van der Waals surface area contributed by atoms with Crippen LogP contribution in [0.1, 0.15) is 32.6 Å². The van der Waals surface area contributed by atoms with E-state index in [4.69, 9.17) is 0 Å².